The van der Waals surface area contributed by atoms with E-state index in [9.17, 15) is 5.11 Å². The summed E-state index contributed by atoms with van der Waals surface area (Å²) in [5.41, 5.74) is 0.891. The number of ether oxygens (including phenoxy) is 1. The Hall–Kier alpha value is -1.38. The van der Waals surface area contributed by atoms with Crippen LogP contribution < -0.4 is 9.64 Å². The van der Waals surface area contributed by atoms with Gasteiger partial charge in [0.1, 0.15) is 0 Å². The molecular weight excluding hydrogens is 178 g/mol. The molecule has 0 unspecified atom stereocenters. The maximum Gasteiger partial charge on any atom is 0.181 e. The van der Waals surface area contributed by atoms with E-state index in [-0.39, 0.29) is 5.75 Å². The molecule has 1 saturated heterocycles. The molecule has 0 radical (unpaired) electrons. The molecule has 0 bridgehead atoms. The fourth-order valence-corrected chi connectivity index (χ4v) is 1.89. The first-order chi connectivity index (χ1) is 6.83. The molecule has 2 rings (SSSR count). The Morgan fingerprint density at radius 1 is 1.29 bits per heavy atom. The summed E-state index contributed by atoms with van der Waals surface area (Å²) in [7, 11) is 1.57. The Kier molecular flexibility index (Phi) is 2.48. The van der Waals surface area contributed by atoms with Crippen molar-refractivity contribution in [3.8, 4) is 11.5 Å². The zero-order valence-electron chi connectivity index (χ0n) is 8.36. The third-order valence-electron chi connectivity index (χ3n) is 2.64. The van der Waals surface area contributed by atoms with Crippen LogP contribution >= 0.6 is 0 Å². The SMILES string of the molecule is COc1cccc(N2CCCC2)c1O. The van der Waals surface area contributed by atoms with Crippen molar-refractivity contribution in [2.24, 2.45) is 0 Å². The molecule has 1 aliphatic rings. The molecule has 1 fully saturated rings. The van der Waals surface area contributed by atoms with Crippen molar-refractivity contribution in [1.82, 2.24) is 0 Å². The molecule has 1 heterocycles. The summed E-state index contributed by atoms with van der Waals surface area (Å²) in [5.74, 6) is 0.811. The largest absolute Gasteiger partial charge is 0.503 e. The van der Waals surface area contributed by atoms with E-state index in [1.807, 2.05) is 12.1 Å². The number of anilines is 1. The Morgan fingerprint density at radius 2 is 2.00 bits per heavy atom. The molecule has 1 N–H and O–H groups in total. The van der Waals surface area contributed by atoms with Gasteiger partial charge in [0, 0.05) is 13.1 Å². The Labute approximate surface area is 83.9 Å². The highest BCUT2D eigenvalue weighted by molar-refractivity contribution is 5.64. The standard InChI is InChI=1S/C11H15NO2/c1-14-10-6-4-5-9(11(10)13)12-7-2-3-8-12/h4-6,13H,2-3,7-8H2,1H3. The fourth-order valence-electron chi connectivity index (χ4n) is 1.89. The zero-order valence-corrected chi connectivity index (χ0v) is 8.36. The quantitative estimate of drug-likeness (QED) is 0.779. The molecule has 1 aliphatic heterocycles. The minimum atomic E-state index is 0.261. The van der Waals surface area contributed by atoms with Gasteiger partial charge in [0.15, 0.2) is 11.5 Å². The van der Waals surface area contributed by atoms with Gasteiger partial charge in [-0.3, -0.25) is 0 Å². The van der Waals surface area contributed by atoms with Crippen LogP contribution in [0.1, 0.15) is 12.8 Å². The number of methoxy groups -OCH3 is 1. The van der Waals surface area contributed by atoms with Crippen molar-refractivity contribution in [3.63, 3.8) is 0 Å². The minimum Gasteiger partial charge on any atom is -0.503 e. The van der Waals surface area contributed by atoms with Gasteiger partial charge in [-0.05, 0) is 25.0 Å². The van der Waals surface area contributed by atoms with Crippen LogP contribution in [-0.2, 0) is 0 Å². The van der Waals surface area contributed by atoms with Gasteiger partial charge >= 0.3 is 0 Å². The topological polar surface area (TPSA) is 32.7 Å². The van der Waals surface area contributed by atoms with E-state index in [1.165, 1.54) is 12.8 Å². The number of hydrogen-bond acceptors (Lipinski definition) is 3. The molecule has 14 heavy (non-hydrogen) atoms. The molecule has 1 aromatic carbocycles. The second-order valence-electron chi connectivity index (χ2n) is 3.52. The first kappa shape index (κ1) is 9.19. The van der Waals surface area contributed by atoms with E-state index in [0.29, 0.717) is 5.75 Å². The molecule has 0 spiro atoms. The second-order valence-corrected chi connectivity index (χ2v) is 3.52. The average Bonchev–Trinajstić information content (AvgIpc) is 2.71. The lowest BCUT2D eigenvalue weighted by Crippen LogP contribution is -2.17. The maximum absolute atomic E-state index is 9.88. The second kappa shape index (κ2) is 3.78. The fraction of sp³-hybridized carbons (Fsp3) is 0.455. The summed E-state index contributed by atoms with van der Waals surface area (Å²) in [6, 6.07) is 5.62. The number of rotatable bonds is 2. The summed E-state index contributed by atoms with van der Waals surface area (Å²) in [4.78, 5) is 2.19. The smallest absolute Gasteiger partial charge is 0.181 e. The first-order valence-corrected chi connectivity index (χ1v) is 4.94. The van der Waals surface area contributed by atoms with E-state index in [1.54, 1.807) is 13.2 Å². The Bertz CT molecular complexity index is 319. The predicted molar refractivity (Wildman–Crippen MR) is 56.1 cm³/mol. The molecule has 0 saturated carbocycles. The van der Waals surface area contributed by atoms with E-state index in [4.69, 9.17) is 4.74 Å². The van der Waals surface area contributed by atoms with Crippen LogP contribution in [0.2, 0.25) is 0 Å². The molecule has 1 aromatic rings. The summed E-state index contributed by atoms with van der Waals surface area (Å²) >= 11 is 0. The van der Waals surface area contributed by atoms with Crippen molar-refractivity contribution in [2.75, 3.05) is 25.1 Å². The number of aromatic hydroxyl groups is 1. The van der Waals surface area contributed by atoms with Gasteiger partial charge in [0.2, 0.25) is 0 Å². The highest BCUT2D eigenvalue weighted by Gasteiger charge is 2.17. The van der Waals surface area contributed by atoms with Crippen molar-refractivity contribution >= 4 is 5.69 Å². The van der Waals surface area contributed by atoms with E-state index < -0.39 is 0 Å². The van der Waals surface area contributed by atoms with Gasteiger partial charge in [0.05, 0.1) is 12.8 Å². The normalized spacial score (nSPS) is 15.9. The molecule has 0 aromatic heterocycles. The molecule has 3 nitrogen and oxygen atoms in total. The summed E-state index contributed by atoms with van der Waals surface area (Å²) in [6.45, 7) is 2.06. The maximum atomic E-state index is 9.88. The number of nitrogens with zero attached hydrogens (tertiary/aromatic N) is 1. The Morgan fingerprint density at radius 3 is 2.64 bits per heavy atom. The van der Waals surface area contributed by atoms with Crippen molar-refractivity contribution in [3.05, 3.63) is 18.2 Å². The average molecular weight is 193 g/mol. The number of hydrogen-bond donors (Lipinski definition) is 1. The monoisotopic (exact) mass is 193 g/mol. The zero-order chi connectivity index (χ0) is 9.97. The van der Waals surface area contributed by atoms with E-state index >= 15 is 0 Å². The van der Waals surface area contributed by atoms with Crippen molar-refractivity contribution in [2.45, 2.75) is 12.8 Å². The van der Waals surface area contributed by atoms with Crippen molar-refractivity contribution < 1.29 is 9.84 Å². The number of phenols is 1. The number of phenolic OH excluding ortho intramolecular Hbond substituents is 1. The first-order valence-electron chi connectivity index (χ1n) is 4.94. The van der Waals surface area contributed by atoms with Crippen LogP contribution in [0.25, 0.3) is 0 Å². The van der Waals surface area contributed by atoms with Crippen LogP contribution in [-0.4, -0.2) is 25.3 Å². The Balaban J connectivity index is 2.32. The van der Waals surface area contributed by atoms with Crippen LogP contribution in [0.4, 0.5) is 5.69 Å². The highest BCUT2D eigenvalue weighted by atomic mass is 16.5. The molecular formula is C11H15NO2. The number of benzene rings is 1. The van der Waals surface area contributed by atoms with Gasteiger partial charge in [0.25, 0.3) is 0 Å². The van der Waals surface area contributed by atoms with Gasteiger partial charge in [-0.25, -0.2) is 0 Å². The highest BCUT2D eigenvalue weighted by Crippen LogP contribution is 2.37. The van der Waals surface area contributed by atoms with Crippen LogP contribution in [0.3, 0.4) is 0 Å². The molecule has 3 heteroatoms. The van der Waals surface area contributed by atoms with Gasteiger partial charge in [-0.15, -0.1) is 0 Å². The minimum absolute atomic E-state index is 0.261. The van der Waals surface area contributed by atoms with Gasteiger partial charge < -0.3 is 14.7 Å². The third kappa shape index (κ3) is 1.50. The molecule has 0 amide bonds. The lowest BCUT2D eigenvalue weighted by atomic mass is 10.2. The molecule has 76 valence electrons. The van der Waals surface area contributed by atoms with E-state index in [0.717, 1.165) is 18.8 Å². The lowest BCUT2D eigenvalue weighted by Gasteiger charge is -2.19. The third-order valence-corrected chi connectivity index (χ3v) is 2.64. The molecule has 0 aliphatic carbocycles. The van der Waals surface area contributed by atoms with Gasteiger partial charge in [-0.2, -0.15) is 0 Å². The lowest BCUT2D eigenvalue weighted by molar-refractivity contribution is 0.373. The van der Waals surface area contributed by atoms with Crippen LogP contribution in [0, 0.1) is 0 Å². The van der Waals surface area contributed by atoms with E-state index in [2.05, 4.69) is 4.90 Å². The number of para-hydroxylation sites is 1. The predicted octanol–water partition coefficient (Wildman–Crippen LogP) is 2.00. The summed E-state index contributed by atoms with van der Waals surface area (Å²) < 4.78 is 5.07. The van der Waals surface area contributed by atoms with Gasteiger partial charge in [-0.1, -0.05) is 6.07 Å². The van der Waals surface area contributed by atoms with Crippen LogP contribution in [0.5, 0.6) is 11.5 Å². The van der Waals surface area contributed by atoms with Crippen molar-refractivity contribution in [1.29, 1.82) is 0 Å². The summed E-state index contributed by atoms with van der Waals surface area (Å²) in [6.07, 6.45) is 2.41. The van der Waals surface area contributed by atoms with Crippen LogP contribution in [0.15, 0.2) is 18.2 Å². The summed E-state index contributed by atoms with van der Waals surface area (Å²) in [5, 5.41) is 9.88. The molecule has 0 atom stereocenters.